The standard InChI is InChI=1S/C38H22N2/c1-2-11-29-27(10-1)28-12-3-7-23-16-17-24-8-4-13-30(35(24)34(23)28)31-14-5-15-32(36(29)31)33-21-20-26-19-18-25-9-6-22-39-37(25)38(26)40-33/h1-22H. The fourth-order valence-corrected chi connectivity index (χ4v) is 6.69. The average Bonchev–Trinajstić information content (AvgIpc) is 3.02. The van der Waals surface area contributed by atoms with Crippen LogP contribution in [0.4, 0.5) is 0 Å². The molecular weight excluding hydrogens is 484 g/mol. The molecule has 0 aliphatic rings. The van der Waals surface area contributed by atoms with Crippen LogP contribution < -0.4 is 0 Å². The fraction of sp³-hybridized carbons (Fsp3) is 0. The Labute approximate surface area is 230 Å². The van der Waals surface area contributed by atoms with Crippen molar-refractivity contribution < 1.29 is 0 Å². The molecule has 0 spiro atoms. The minimum atomic E-state index is 0.935. The monoisotopic (exact) mass is 506 g/mol. The van der Waals surface area contributed by atoms with Gasteiger partial charge in [0, 0.05) is 22.5 Å². The van der Waals surface area contributed by atoms with Crippen LogP contribution >= 0.6 is 0 Å². The molecule has 9 rings (SSSR count). The summed E-state index contributed by atoms with van der Waals surface area (Å²) < 4.78 is 0. The lowest BCUT2D eigenvalue weighted by molar-refractivity contribution is 1.37. The summed E-state index contributed by atoms with van der Waals surface area (Å²) in [5.74, 6) is 0. The van der Waals surface area contributed by atoms with E-state index >= 15 is 0 Å². The van der Waals surface area contributed by atoms with Gasteiger partial charge in [0.25, 0.3) is 0 Å². The van der Waals surface area contributed by atoms with Gasteiger partial charge >= 0.3 is 0 Å². The van der Waals surface area contributed by atoms with Gasteiger partial charge in [0.15, 0.2) is 0 Å². The molecule has 0 saturated carbocycles. The Balaban J connectivity index is 1.54. The molecule has 0 atom stereocenters. The summed E-state index contributed by atoms with van der Waals surface area (Å²) >= 11 is 0. The lowest BCUT2D eigenvalue weighted by Gasteiger charge is -2.15. The predicted octanol–water partition coefficient (Wildman–Crippen LogP) is 10.2. The molecule has 2 heterocycles. The lowest BCUT2D eigenvalue weighted by Crippen LogP contribution is -1.91. The molecule has 0 N–H and O–H groups in total. The largest absolute Gasteiger partial charge is 0.254 e. The Bertz CT molecular complexity index is 2490. The number of rotatable bonds is 1. The van der Waals surface area contributed by atoms with E-state index in [1.807, 2.05) is 12.3 Å². The molecule has 2 aromatic heterocycles. The molecule has 0 aliphatic carbocycles. The van der Waals surface area contributed by atoms with E-state index in [-0.39, 0.29) is 0 Å². The summed E-state index contributed by atoms with van der Waals surface area (Å²) in [4.78, 5) is 9.98. The van der Waals surface area contributed by atoms with Gasteiger partial charge in [-0.2, -0.15) is 0 Å². The van der Waals surface area contributed by atoms with Crippen molar-refractivity contribution in [1.82, 2.24) is 9.97 Å². The summed E-state index contributed by atoms with van der Waals surface area (Å²) in [5, 5.41) is 14.8. The molecule has 2 nitrogen and oxygen atoms in total. The number of aromatic nitrogens is 2. The van der Waals surface area contributed by atoms with Crippen LogP contribution in [0.25, 0.3) is 86.9 Å². The van der Waals surface area contributed by atoms with E-state index in [0.717, 1.165) is 33.1 Å². The molecule has 2 heteroatoms. The van der Waals surface area contributed by atoms with Crippen molar-refractivity contribution in [2.75, 3.05) is 0 Å². The van der Waals surface area contributed by atoms with Crippen LogP contribution in [0, 0.1) is 0 Å². The number of nitrogens with zero attached hydrogens (tertiary/aromatic N) is 2. The summed E-state index contributed by atoms with van der Waals surface area (Å²) in [6, 6.07) is 46.1. The highest BCUT2D eigenvalue weighted by atomic mass is 14.8. The molecule has 0 aliphatic heterocycles. The maximum atomic E-state index is 5.28. The first-order valence-corrected chi connectivity index (χ1v) is 13.7. The molecular formula is C38H22N2. The Morgan fingerprint density at radius 1 is 0.350 bits per heavy atom. The van der Waals surface area contributed by atoms with Gasteiger partial charge in [-0.05, 0) is 66.0 Å². The SMILES string of the molecule is c1cnc2c(c1)ccc1ccc(-c3cccc4c5cccc6ccc7cccc(c8ccccc8c34)c7c65)nc12. The molecule has 0 bridgehead atoms. The average molecular weight is 507 g/mol. The van der Waals surface area contributed by atoms with E-state index in [9.17, 15) is 0 Å². The van der Waals surface area contributed by atoms with Gasteiger partial charge in [0.05, 0.1) is 16.7 Å². The highest BCUT2D eigenvalue weighted by Crippen LogP contribution is 2.42. The topological polar surface area (TPSA) is 25.8 Å². The first-order valence-electron chi connectivity index (χ1n) is 13.7. The van der Waals surface area contributed by atoms with Gasteiger partial charge in [0.1, 0.15) is 0 Å². The quantitative estimate of drug-likeness (QED) is 0.207. The minimum absolute atomic E-state index is 0.935. The first kappa shape index (κ1) is 21.6. The van der Waals surface area contributed by atoms with Gasteiger partial charge in [-0.15, -0.1) is 0 Å². The Morgan fingerprint density at radius 3 is 1.65 bits per heavy atom. The Kier molecular flexibility index (Phi) is 4.36. The highest BCUT2D eigenvalue weighted by Gasteiger charge is 2.15. The molecule has 0 radical (unpaired) electrons. The third kappa shape index (κ3) is 2.93. The molecule has 40 heavy (non-hydrogen) atoms. The molecule has 9 aromatic rings. The number of hydrogen-bond acceptors (Lipinski definition) is 2. The Morgan fingerprint density at radius 2 is 0.875 bits per heavy atom. The van der Waals surface area contributed by atoms with Crippen LogP contribution in [-0.4, -0.2) is 9.97 Å². The van der Waals surface area contributed by atoms with Crippen LogP contribution in [0.3, 0.4) is 0 Å². The molecule has 0 unspecified atom stereocenters. The number of benzene rings is 6. The number of hydrogen-bond donors (Lipinski definition) is 0. The normalized spacial score (nSPS) is 12.0. The Hall–Kier alpha value is -5.34. The molecule has 0 saturated heterocycles. The van der Waals surface area contributed by atoms with Crippen molar-refractivity contribution in [3.63, 3.8) is 0 Å². The smallest absolute Gasteiger partial charge is 0.0972 e. The van der Waals surface area contributed by atoms with E-state index in [4.69, 9.17) is 9.97 Å². The lowest BCUT2D eigenvalue weighted by atomic mass is 9.88. The van der Waals surface area contributed by atoms with E-state index in [1.54, 1.807) is 0 Å². The zero-order chi connectivity index (χ0) is 26.2. The number of pyridine rings is 2. The second kappa shape index (κ2) is 8.08. The van der Waals surface area contributed by atoms with Crippen LogP contribution in [-0.2, 0) is 0 Å². The first-order chi connectivity index (χ1) is 19.8. The van der Waals surface area contributed by atoms with Crippen molar-refractivity contribution in [3.05, 3.63) is 134 Å². The highest BCUT2D eigenvalue weighted by molar-refractivity contribution is 6.34. The molecule has 0 fully saturated rings. The maximum absolute atomic E-state index is 5.28. The summed E-state index contributed by atoms with van der Waals surface area (Å²) in [6.45, 7) is 0. The zero-order valence-corrected chi connectivity index (χ0v) is 21.6. The second-order valence-corrected chi connectivity index (χ2v) is 10.6. The van der Waals surface area contributed by atoms with Crippen molar-refractivity contribution in [2.24, 2.45) is 0 Å². The maximum Gasteiger partial charge on any atom is 0.0972 e. The van der Waals surface area contributed by atoms with Crippen LogP contribution in [0.15, 0.2) is 134 Å². The van der Waals surface area contributed by atoms with Crippen molar-refractivity contribution in [1.29, 1.82) is 0 Å². The van der Waals surface area contributed by atoms with Crippen molar-refractivity contribution in [3.8, 4) is 11.3 Å². The van der Waals surface area contributed by atoms with Gasteiger partial charge in [0.2, 0.25) is 0 Å². The van der Waals surface area contributed by atoms with E-state index in [2.05, 4.69) is 121 Å². The summed E-state index contributed by atoms with van der Waals surface area (Å²) in [7, 11) is 0. The van der Waals surface area contributed by atoms with Gasteiger partial charge in [-0.3, -0.25) is 4.98 Å². The van der Waals surface area contributed by atoms with Gasteiger partial charge in [-0.1, -0.05) is 115 Å². The predicted molar refractivity (Wildman–Crippen MR) is 170 cm³/mol. The van der Waals surface area contributed by atoms with Crippen molar-refractivity contribution >= 4 is 75.7 Å². The summed E-state index contributed by atoms with van der Waals surface area (Å²) in [5.41, 5.74) is 3.95. The van der Waals surface area contributed by atoms with E-state index in [0.29, 0.717) is 0 Å². The van der Waals surface area contributed by atoms with E-state index in [1.165, 1.54) is 53.9 Å². The zero-order valence-electron chi connectivity index (χ0n) is 21.6. The molecule has 0 amide bonds. The summed E-state index contributed by atoms with van der Waals surface area (Å²) in [6.07, 6.45) is 1.85. The van der Waals surface area contributed by atoms with Crippen molar-refractivity contribution in [2.45, 2.75) is 0 Å². The van der Waals surface area contributed by atoms with Crippen LogP contribution in [0.2, 0.25) is 0 Å². The number of fused-ring (bicyclic) bond motifs is 8. The molecule has 7 aromatic carbocycles. The third-order valence-corrected chi connectivity index (χ3v) is 8.44. The van der Waals surface area contributed by atoms with Crippen LogP contribution in [0.1, 0.15) is 0 Å². The molecule has 184 valence electrons. The second-order valence-electron chi connectivity index (χ2n) is 10.6. The fourth-order valence-electron chi connectivity index (χ4n) is 6.69. The van der Waals surface area contributed by atoms with Crippen LogP contribution in [0.5, 0.6) is 0 Å². The van der Waals surface area contributed by atoms with Gasteiger partial charge < -0.3 is 0 Å². The third-order valence-electron chi connectivity index (χ3n) is 8.44. The van der Waals surface area contributed by atoms with Gasteiger partial charge in [-0.25, -0.2) is 4.98 Å². The van der Waals surface area contributed by atoms with E-state index < -0.39 is 0 Å². The minimum Gasteiger partial charge on any atom is -0.254 e.